The first kappa shape index (κ1) is 21.6. The van der Waals surface area contributed by atoms with Crippen LogP contribution in [0.25, 0.3) is 0 Å². The molecule has 3 rings (SSSR count). The van der Waals surface area contributed by atoms with E-state index >= 15 is 0 Å². The Balaban J connectivity index is 1.68. The fourth-order valence-electron chi connectivity index (χ4n) is 2.81. The van der Waals surface area contributed by atoms with E-state index in [1.807, 2.05) is 43.3 Å². The molecule has 0 heterocycles. The SMILES string of the molecule is CCOc1cc(CNCc2ccccc2Cl)c(Br)cc1OCc1ccc(F)cc1. The molecular weight excluding hydrogens is 457 g/mol. The molecule has 3 nitrogen and oxygen atoms in total. The molecule has 0 radical (unpaired) electrons. The number of rotatable bonds is 9. The summed E-state index contributed by atoms with van der Waals surface area (Å²) in [5.74, 6) is 1.05. The molecule has 6 heteroatoms. The summed E-state index contributed by atoms with van der Waals surface area (Å²) in [4.78, 5) is 0. The van der Waals surface area contributed by atoms with Crippen molar-refractivity contribution in [2.45, 2.75) is 26.6 Å². The molecule has 0 aromatic heterocycles. The summed E-state index contributed by atoms with van der Waals surface area (Å²) in [5, 5.41) is 4.15. The van der Waals surface area contributed by atoms with E-state index in [4.69, 9.17) is 21.1 Å². The molecule has 1 N–H and O–H groups in total. The van der Waals surface area contributed by atoms with Crippen LogP contribution in [0, 0.1) is 5.82 Å². The predicted molar refractivity (Wildman–Crippen MR) is 118 cm³/mol. The highest BCUT2D eigenvalue weighted by molar-refractivity contribution is 9.10. The highest BCUT2D eigenvalue weighted by Crippen LogP contribution is 2.34. The van der Waals surface area contributed by atoms with Gasteiger partial charge >= 0.3 is 0 Å². The van der Waals surface area contributed by atoms with Gasteiger partial charge in [-0.2, -0.15) is 0 Å². The van der Waals surface area contributed by atoms with Gasteiger partial charge in [0.05, 0.1) is 6.61 Å². The van der Waals surface area contributed by atoms with Crippen LogP contribution in [-0.2, 0) is 19.7 Å². The highest BCUT2D eigenvalue weighted by Gasteiger charge is 2.12. The minimum absolute atomic E-state index is 0.264. The van der Waals surface area contributed by atoms with Gasteiger partial charge in [-0.15, -0.1) is 0 Å². The van der Waals surface area contributed by atoms with E-state index < -0.39 is 0 Å². The van der Waals surface area contributed by atoms with Crippen molar-refractivity contribution in [3.05, 3.63) is 92.7 Å². The third-order valence-corrected chi connectivity index (χ3v) is 5.42. The zero-order valence-electron chi connectivity index (χ0n) is 16.1. The van der Waals surface area contributed by atoms with Gasteiger partial charge in [-0.25, -0.2) is 4.39 Å². The summed E-state index contributed by atoms with van der Waals surface area (Å²) >= 11 is 9.83. The third kappa shape index (κ3) is 6.20. The van der Waals surface area contributed by atoms with Crippen LogP contribution in [-0.4, -0.2) is 6.61 Å². The van der Waals surface area contributed by atoms with Crippen LogP contribution in [0.3, 0.4) is 0 Å². The molecule has 0 aliphatic heterocycles. The summed E-state index contributed by atoms with van der Waals surface area (Å²) < 4.78 is 25.7. The first-order valence-electron chi connectivity index (χ1n) is 9.33. The Morgan fingerprint density at radius 3 is 2.34 bits per heavy atom. The summed E-state index contributed by atoms with van der Waals surface area (Å²) in [6, 6.07) is 17.9. The molecule has 0 aliphatic carbocycles. The topological polar surface area (TPSA) is 30.5 Å². The zero-order valence-corrected chi connectivity index (χ0v) is 18.4. The van der Waals surface area contributed by atoms with Crippen LogP contribution in [0.2, 0.25) is 5.02 Å². The fraction of sp³-hybridized carbons (Fsp3) is 0.217. The molecule has 0 saturated heterocycles. The number of hydrogen-bond acceptors (Lipinski definition) is 3. The minimum Gasteiger partial charge on any atom is -0.490 e. The molecule has 0 spiro atoms. The quantitative estimate of drug-likeness (QED) is 0.380. The average Bonchev–Trinajstić information content (AvgIpc) is 2.71. The molecule has 152 valence electrons. The second-order valence-corrected chi connectivity index (χ2v) is 7.70. The van der Waals surface area contributed by atoms with E-state index in [9.17, 15) is 4.39 Å². The Hall–Kier alpha value is -2.08. The number of benzene rings is 3. The molecule has 0 amide bonds. The number of halogens is 3. The van der Waals surface area contributed by atoms with Gasteiger partial charge in [0, 0.05) is 22.6 Å². The largest absolute Gasteiger partial charge is 0.490 e. The van der Waals surface area contributed by atoms with E-state index in [1.165, 1.54) is 12.1 Å². The minimum atomic E-state index is -0.264. The van der Waals surface area contributed by atoms with Gasteiger partial charge < -0.3 is 14.8 Å². The summed E-state index contributed by atoms with van der Waals surface area (Å²) in [6.07, 6.45) is 0. The van der Waals surface area contributed by atoms with Crippen LogP contribution in [0.5, 0.6) is 11.5 Å². The van der Waals surface area contributed by atoms with Crippen molar-refractivity contribution in [1.29, 1.82) is 0 Å². The van der Waals surface area contributed by atoms with Gasteiger partial charge in [0.1, 0.15) is 12.4 Å². The van der Waals surface area contributed by atoms with E-state index in [-0.39, 0.29) is 5.82 Å². The molecular formula is C23H22BrClFNO2. The van der Waals surface area contributed by atoms with Crippen LogP contribution in [0.4, 0.5) is 4.39 Å². The van der Waals surface area contributed by atoms with Gasteiger partial charge in [-0.3, -0.25) is 0 Å². The maximum atomic E-state index is 13.1. The Morgan fingerprint density at radius 2 is 1.62 bits per heavy atom. The first-order valence-corrected chi connectivity index (χ1v) is 10.5. The van der Waals surface area contributed by atoms with E-state index in [0.717, 1.165) is 26.2 Å². The van der Waals surface area contributed by atoms with E-state index in [0.29, 0.717) is 37.8 Å². The van der Waals surface area contributed by atoms with Crippen molar-refractivity contribution < 1.29 is 13.9 Å². The maximum absolute atomic E-state index is 13.1. The lowest BCUT2D eigenvalue weighted by molar-refractivity contribution is 0.268. The van der Waals surface area contributed by atoms with Gasteiger partial charge in [-0.1, -0.05) is 57.9 Å². The molecule has 3 aromatic carbocycles. The van der Waals surface area contributed by atoms with Crippen LogP contribution in [0.1, 0.15) is 23.6 Å². The highest BCUT2D eigenvalue weighted by atomic mass is 79.9. The second kappa shape index (κ2) is 10.6. The van der Waals surface area contributed by atoms with Gasteiger partial charge in [-0.05, 0) is 53.9 Å². The van der Waals surface area contributed by atoms with Crippen molar-refractivity contribution in [2.75, 3.05) is 6.61 Å². The smallest absolute Gasteiger partial charge is 0.162 e. The van der Waals surface area contributed by atoms with Gasteiger partial charge in [0.25, 0.3) is 0 Å². The number of nitrogens with one attached hydrogen (secondary N) is 1. The summed E-state index contributed by atoms with van der Waals surface area (Å²) in [7, 11) is 0. The standard InChI is InChI=1S/C23H22BrClFNO2/c1-2-28-22-11-18(14-27-13-17-5-3-4-6-21(17)25)20(24)12-23(22)29-15-16-7-9-19(26)10-8-16/h3-12,27H,2,13-15H2,1H3. The van der Waals surface area contributed by atoms with Crippen molar-refractivity contribution in [3.63, 3.8) is 0 Å². The predicted octanol–water partition coefficient (Wildman–Crippen LogP) is 6.51. The van der Waals surface area contributed by atoms with Crippen molar-refractivity contribution in [1.82, 2.24) is 5.32 Å². The Bertz CT molecular complexity index is 950. The molecule has 0 unspecified atom stereocenters. The average molecular weight is 479 g/mol. The van der Waals surface area contributed by atoms with Gasteiger partial charge in [0.15, 0.2) is 11.5 Å². The monoisotopic (exact) mass is 477 g/mol. The van der Waals surface area contributed by atoms with Crippen LogP contribution >= 0.6 is 27.5 Å². The molecule has 0 fully saturated rings. The van der Waals surface area contributed by atoms with Crippen molar-refractivity contribution >= 4 is 27.5 Å². The maximum Gasteiger partial charge on any atom is 0.162 e. The Labute approximate surface area is 183 Å². The summed E-state index contributed by atoms with van der Waals surface area (Å²) in [6.45, 7) is 4.10. The normalized spacial score (nSPS) is 10.8. The number of hydrogen-bond donors (Lipinski definition) is 1. The molecule has 29 heavy (non-hydrogen) atoms. The van der Waals surface area contributed by atoms with E-state index in [2.05, 4.69) is 21.2 Å². The molecule has 0 bridgehead atoms. The van der Waals surface area contributed by atoms with E-state index in [1.54, 1.807) is 12.1 Å². The van der Waals surface area contributed by atoms with Crippen molar-refractivity contribution in [2.24, 2.45) is 0 Å². The lowest BCUT2D eigenvalue weighted by atomic mass is 10.1. The molecule has 0 aliphatic rings. The molecule has 0 saturated carbocycles. The Kier molecular flexibility index (Phi) is 7.92. The first-order chi connectivity index (χ1) is 14.1. The third-order valence-electron chi connectivity index (χ3n) is 4.31. The molecule has 0 atom stereocenters. The second-order valence-electron chi connectivity index (χ2n) is 6.43. The van der Waals surface area contributed by atoms with Crippen LogP contribution < -0.4 is 14.8 Å². The van der Waals surface area contributed by atoms with Gasteiger partial charge in [0.2, 0.25) is 0 Å². The molecule has 3 aromatic rings. The van der Waals surface area contributed by atoms with Crippen LogP contribution in [0.15, 0.2) is 65.1 Å². The fourth-order valence-corrected chi connectivity index (χ4v) is 3.47. The zero-order chi connectivity index (χ0) is 20.6. The number of ether oxygens (including phenoxy) is 2. The summed E-state index contributed by atoms with van der Waals surface area (Å²) in [5.41, 5.74) is 2.99. The lowest BCUT2D eigenvalue weighted by Crippen LogP contribution is -2.13. The lowest BCUT2D eigenvalue weighted by Gasteiger charge is -2.16. The Morgan fingerprint density at radius 1 is 0.931 bits per heavy atom. The van der Waals surface area contributed by atoms with Crippen molar-refractivity contribution in [3.8, 4) is 11.5 Å².